The molecule has 7 nitrogen and oxygen atoms in total. The molecular formula is C23H19N5O2. The van der Waals surface area contributed by atoms with Crippen LogP contribution in [0, 0.1) is 13.8 Å². The summed E-state index contributed by atoms with van der Waals surface area (Å²) in [7, 11) is 0. The lowest BCUT2D eigenvalue weighted by Crippen LogP contribution is -2.30. The van der Waals surface area contributed by atoms with E-state index < -0.39 is 5.60 Å². The van der Waals surface area contributed by atoms with Gasteiger partial charge < -0.3 is 14.6 Å². The van der Waals surface area contributed by atoms with E-state index in [9.17, 15) is 5.11 Å². The minimum absolute atomic E-state index is 0.479. The molecule has 30 heavy (non-hydrogen) atoms. The Morgan fingerprint density at radius 1 is 0.967 bits per heavy atom. The zero-order valence-corrected chi connectivity index (χ0v) is 16.5. The Morgan fingerprint density at radius 2 is 1.67 bits per heavy atom. The van der Waals surface area contributed by atoms with E-state index in [4.69, 9.17) is 4.52 Å². The number of nitrogens with zero attached hydrogens (tertiary/aromatic N) is 4. The second-order valence-corrected chi connectivity index (χ2v) is 7.16. The highest BCUT2D eigenvalue weighted by atomic mass is 16.5. The molecular weight excluding hydrogens is 378 g/mol. The Bertz CT molecular complexity index is 1270. The average Bonchev–Trinajstić information content (AvgIpc) is 3.37. The van der Waals surface area contributed by atoms with E-state index in [2.05, 4.69) is 25.1 Å². The highest BCUT2D eigenvalue weighted by Gasteiger charge is 2.39. The third-order valence-corrected chi connectivity index (χ3v) is 5.31. The number of aryl methyl sites for hydroxylation is 2. The summed E-state index contributed by atoms with van der Waals surface area (Å²) in [5.74, 6) is 0.718. The quantitative estimate of drug-likeness (QED) is 0.477. The molecule has 5 aromatic rings. The first kappa shape index (κ1) is 18.2. The summed E-state index contributed by atoms with van der Waals surface area (Å²) in [5, 5.41) is 16.9. The second-order valence-electron chi connectivity index (χ2n) is 7.16. The first-order chi connectivity index (χ1) is 14.6. The predicted octanol–water partition coefficient (Wildman–Crippen LogP) is 3.91. The van der Waals surface area contributed by atoms with Gasteiger partial charge in [0.1, 0.15) is 11.4 Å². The molecule has 5 heterocycles. The van der Waals surface area contributed by atoms with Crippen LogP contribution in [-0.4, -0.2) is 30.2 Å². The van der Waals surface area contributed by atoms with Crippen molar-refractivity contribution in [2.75, 3.05) is 0 Å². The molecule has 0 saturated heterocycles. The Labute approximate surface area is 172 Å². The van der Waals surface area contributed by atoms with E-state index in [-0.39, 0.29) is 0 Å². The summed E-state index contributed by atoms with van der Waals surface area (Å²) in [5.41, 5.74) is 3.23. The van der Waals surface area contributed by atoms with Gasteiger partial charge in [0, 0.05) is 46.9 Å². The fourth-order valence-electron chi connectivity index (χ4n) is 3.90. The molecule has 0 bridgehead atoms. The summed E-state index contributed by atoms with van der Waals surface area (Å²) in [6, 6.07) is 12.9. The predicted molar refractivity (Wildman–Crippen MR) is 112 cm³/mol. The number of nitrogens with one attached hydrogen (secondary N) is 1. The zero-order valence-electron chi connectivity index (χ0n) is 16.5. The largest absolute Gasteiger partial charge is 0.373 e. The lowest BCUT2D eigenvalue weighted by Gasteiger charge is -2.27. The average molecular weight is 397 g/mol. The maximum Gasteiger partial charge on any atom is 0.176 e. The van der Waals surface area contributed by atoms with Crippen LogP contribution in [0.4, 0.5) is 0 Å². The lowest BCUT2D eigenvalue weighted by molar-refractivity contribution is 0.117. The smallest absolute Gasteiger partial charge is 0.176 e. The molecule has 0 saturated carbocycles. The van der Waals surface area contributed by atoms with E-state index in [0.29, 0.717) is 22.6 Å². The van der Waals surface area contributed by atoms with Crippen molar-refractivity contribution in [2.24, 2.45) is 0 Å². The van der Waals surface area contributed by atoms with Gasteiger partial charge in [-0.05, 0) is 44.2 Å². The van der Waals surface area contributed by atoms with Crippen LogP contribution in [0.3, 0.4) is 0 Å². The van der Waals surface area contributed by atoms with E-state index in [1.807, 2.05) is 44.2 Å². The Balaban J connectivity index is 1.78. The molecule has 0 aliphatic heterocycles. The molecule has 148 valence electrons. The van der Waals surface area contributed by atoms with Gasteiger partial charge in [0.2, 0.25) is 0 Å². The SMILES string of the molecule is Cc1noc(C)c1-c1cnc2[nH]cc(C(O)(c3ccccn3)c3ccccn3)c2c1. The first-order valence-electron chi connectivity index (χ1n) is 9.55. The fourth-order valence-corrected chi connectivity index (χ4v) is 3.90. The molecule has 0 aromatic carbocycles. The molecule has 5 aromatic heterocycles. The van der Waals surface area contributed by atoms with Crippen LogP contribution in [0.1, 0.15) is 28.4 Å². The summed E-state index contributed by atoms with van der Waals surface area (Å²) >= 11 is 0. The number of pyridine rings is 3. The number of aromatic nitrogens is 5. The van der Waals surface area contributed by atoms with Gasteiger partial charge in [-0.25, -0.2) is 4.98 Å². The number of aliphatic hydroxyl groups is 1. The van der Waals surface area contributed by atoms with Gasteiger partial charge in [-0.15, -0.1) is 0 Å². The number of hydrogen-bond donors (Lipinski definition) is 2. The maximum atomic E-state index is 12.0. The highest BCUT2D eigenvalue weighted by Crippen LogP contribution is 2.39. The van der Waals surface area contributed by atoms with E-state index in [1.165, 1.54) is 0 Å². The van der Waals surface area contributed by atoms with Gasteiger partial charge in [-0.1, -0.05) is 17.3 Å². The van der Waals surface area contributed by atoms with E-state index >= 15 is 0 Å². The van der Waals surface area contributed by atoms with Crippen molar-refractivity contribution in [3.63, 3.8) is 0 Å². The first-order valence-corrected chi connectivity index (χ1v) is 9.55. The molecule has 0 aliphatic carbocycles. The van der Waals surface area contributed by atoms with Crippen LogP contribution in [0.15, 0.2) is 71.8 Å². The van der Waals surface area contributed by atoms with Crippen molar-refractivity contribution >= 4 is 11.0 Å². The zero-order chi connectivity index (χ0) is 20.7. The second kappa shape index (κ2) is 6.89. The van der Waals surface area contributed by atoms with E-state index in [1.54, 1.807) is 36.9 Å². The molecule has 0 spiro atoms. The van der Waals surface area contributed by atoms with Gasteiger partial charge in [0.25, 0.3) is 0 Å². The minimum Gasteiger partial charge on any atom is -0.373 e. The number of hydrogen-bond acceptors (Lipinski definition) is 6. The fraction of sp³-hybridized carbons (Fsp3) is 0.130. The van der Waals surface area contributed by atoms with Crippen LogP contribution in [0.2, 0.25) is 0 Å². The molecule has 0 radical (unpaired) electrons. The van der Waals surface area contributed by atoms with Crippen LogP contribution in [0.5, 0.6) is 0 Å². The molecule has 0 aliphatic rings. The summed E-state index contributed by atoms with van der Waals surface area (Å²) in [6.45, 7) is 3.77. The van der Waals surface area contributed by atoms with Gasteiger partial charge in [0.05, 0.1) is 17.1 Å². The molecule has 0 amide bonds. The highest BCUT2D eigenvalue weighted by molar-refractivity contribution is 5.87. The Morgan fingerprint density at radius 3 is 2.23 bits per heavy atom. The minimum atomic E-state index is -1.56. The topological polar surface area (TPSA) is 101 Å². The van der Waals surface area contributed by atoms with Crippen molar-refractivity contribution in [1.29, 1.82) is 0 Å². The molecule has 0 unspecified atom stereocenters. The van der Waals surface area contributed by atoms with Crippen molar-refractivity contribution < 1.29 is 9.63 Å². The van der Waals surface area contributed by atoms with Gasteiger partial charge in [-0.2, -0.15) is 0 Å². The summed E-state index contributed by atoms with van der Waals surface area (Å²) < 4.78 is 5.32. The molecule has 7 heteroatoms. The third-order valence-electron chi connectivity index (χ3n) is 5.31. The van der Waals surface area contributed by atoms with Gasteiger partial charge in [-0.3, -0.25) is 9.97 Å². The number of H-pyrrole nitrogens is 1. The van der Waals surface area contributed by atoms with Crippen molar-refractivity contribution in [3.05, 3.63) is 95.7 Å². The van der Waals surface area contributed by atoms with Crippen molar-refractivity contribution in [1.82, 2.24) is 25.1 Å². The van der Waals surface area contributed by atoms with Gasteiger partial charge >= 0.3 is 0 Å². The standard InChI is InChI=1S/C23H19N5O2/c1-14-21(15(2)30-28-14)16-11-17-18(13-27-22(17)26-12-16)23(29,19-7-3-5-9-24-19)20-8-4-6-10-25-20/h3-13,29H,1-2H3,(H,26,27). The molecule has 0 atom stereocenters. The van der Waals surface area contributed by atoms with Crippen LogP contribution >= 0.6 is 0 Å². The van der Waals surface area contributed by atoms with Crippen LogP contribution < -0.4 is 0 Å². The van der Waals surface area contributed by atoms with E-state index in [0.717, 1.165) is 28.0 Å². The maximum absolute atomic E-state index is 12.0. The Hall–Kier alpha value is -3.84. The summed E-state index contributed by atoms with van der Waals surface area (Å²) in [6.07, 6.45) is 6.85. The number of fused-ring (bicyclic) bond motifs is 1. The molecule has 2 N–H and O–H groups in total. The number of rotatable bonds is 4. The van der Waals surface area contributed by atoms with Gasteiger partial charge in [0.15, 0.2) is 5.60 Å². The van der Waals surface area contributed by atoms with Crippen molar-refractivity contribution in [2.45, 2.75) is 19.4 Å². The lowest BCUT2D eigenvalue weighted by atomic mass is 9.86. The molecule has 5 rings (SSSR count). The molecule has 0 fully saturated rings. The van der Waals surface area contributed by atoms with Crippen molar-refractivity contribution in [3.8, 4) is 11.1 Å². The third kappa shape index (κ3) is 2.71. The normalized spacial score (nSPS) is 11.8. The Kier molecular flexibility index (Phi) is 4.18. The summed E-state index contributed by atoms with van der Waals surface area (Å²) in [4.78, 5) is 16.6. The number of aromatic amines is 1. The monoisotopic (exact) mass is 397 g/mol. The van der Waals surface area contributed by atoms with Crippen LogP contribution in [0.25, 0.3) is 22.2 Å². The van der Waals surface area contributed by atoms with Crippen LogP contribution in [-0.2, 0) is 5.60 Å².